The molecule has 0 aliphatic rings. The van der Waals surface area contributed by atoms with Gasteiger partial charge in [0.15, 0.2) is 6.10 Å². The Kier molecular flexibility index (Phi) is 46.4. The van der Waals surface area contributed by atoms with Gasteiger partial charge in [0, 0.05) is 19.3 Å². The summed E-state index contributed by atoms with van der Waals surface area (Å²) in [5.41, 5.74) is 0. The molecule has 8 nitrogen and oxygen atoms in total. The number of carboxylic acid groups (broad SMARTS) is 1. The number of esters is 2. The molecule has 0 aliphatic carbocycles. The van der Waals surface area contributed by atoms with Crippen LogP contribution < -0.4 is 5.11 Å². The van der Waals surface area contributed by atoms with Crippen LogP contribution in [-0.2, 0) is 28.6 Å². The largest absolute Gasteiger partial charge is 0.544 e. The fourth-order valence-electron chi connectivity index (χ4n) is 7.67. The standard InChI is InChI=1S/C59H101NO7/c1-6-8-10-12-14-16-18-20-22-24-26-28-30-32-34-36-38-40-42-44-46-48-50-58(62)67-55(53-65-52-51-56(59(63)64)60(3,4)5)54-66-57(61)49-47-45-43-41-39-37-35-33-31-29-27-25-23-21-19-17-15-13-11-9-7-2/h8-11,14-17,20-23,26,28,55-56H,6-7,12-13,18-19,24-25,27,29-54H2,1-5H3/b10-8+,11-9+,16-14+,17-15+,22-20+,23-21+,28-26+. The number of carboxylic acids is 1. The molecule has 0 N–H and O–H groups in total. The molecule has 0 fully saturated rings. The molecular formula is C59H101NO7. The van der Waals surface area contributed by atoms with Crippen molar-refractivity contribution in [2.45, 2.75) is 231 Å². The third-order valence-corrected chi connectivity index (χ3v) is 11.8. The molecule has 0 saturated heterocycles. The van der Waals surface area contributed by atoms with Crippen molar-refractivity contribution in [3.63, 3.8) is 0 Å². The summed E-state index contributed by atoms with van der Waals surface area (Å²) >= 11 is 0. The van der Waals surface area contributed by atoms with E-state index in [-0.39, 0.29) is 42.7 Å². The molecule has 0 aromatic carbocycles. The van der Waals surface area contributed by atoms with Crippen LogP contribution in [0.25, 0.3) is 0 Å². The van der Waals surface area contributed by atoms with Crippen LogP contribution in [0.5, 0.6) is 0 Å². The van der Waals surface area contributed by atoms with Gasteiger partial charge in [0.1, 0.15) is 12.6 Å². The SMILES string of the molecule is CC/C=C/C/C=C/C/C=C/C/C=C/CCCCCCCCCCCC(=O)OC(COCCC(C(=O)[O-])[N+](C)(C)C)COC(=O)CCCCCCCCCCCCC/C=C/C/C=C/C/C=C/CC. The Morgan fingerprint density at radius 3 is 1.16 bits per heavy atom. The second kappa shape index (κ2) is 48.9. The van der Waals surface area contributed by atoms with Crippen LogP contribution in [0.4, 0.5) is 0 Å². The number of hydrogen-bond acceptors (Lipinski definition) is 7. The molecule has 0 spiro atoms. The molecule has 0 bridgehead atoms. The lowest BCUT2D eigenvalue weighted by Gasteiger charge is -2.34. The van der Waals surface area contributed by atoms with Crippen LogP contribution in [0.1, 0.15) is 219 Å². The Hall–Kier alpha value is -3.49. The highest BCUT2D eigenvalue weighted by molar-refractivity contribution is 5.70. The molecule has 0 radical (unpaired) electrons. The summed E-state index contributed by atoms with van der Waals surface area (Å²) in [6.45, 7) is 4.45. The number of allylic oxidation sites excluding steroid dienone is 14. The molecule has 0 heterocycles. The van der Waals surface area contributed by atoms with Gasteiger partial charge < -0.3 is 28.6 Å². The zero-order valence-electron chi connectivity index (χ0n) is 43.8. The van der Waals surface area contributed by atoms with Crippen LogP contribution >= 0.6 is 0 Å². The number of carbonyl (C=O) groups is 3. The average Bonchev–Trinajstić information content (AvgIpc) is 3.29. The van der Waals surface area contributed by atoms with E-state index in [0.717, 1.165) is 89.9 Å². The average molecular weight is 936 g/mol. The minimum atomic E-state index is -1.13. The Morgan fingerprint density at radius 2 is 0.791 bits per heavy atom. The van der Waals surface area contributed by atoms with Crippen LogP contribution in [-0.4, -0.2) is 75.5 Å². The summed E-state index contributed by atoms with van der Waals surface area (Å²) in [4.78, 5) is 37.1. The molecule has 0 aromatic heterocycles. The normalized spacial score (nSPS) is 13.5. The number of rotatable bonds is 48. The second-order valence-electron chi connectivity index (χ2n) is 19.1. The van der Waals surface area contributed by atoms with E-state index in [9.17, 15) is 19.5 Å². The molecule has 0 rings (SSSR count). The predicted molar refractivity (Wildman–Crippen MR) is 282 cm³/mol. The Morgan fingerprint density at radius 1 is 0.448 bits per heavy atom. The zero-order valence-corrected chi connectivity index (χ0v) is 43.8. The van der Waals surface area contributed by atoms with Crippen LogP contribution in [0.2, 0.25) is 0 Å². The molecule has 2 atom stereocenters. The van der Waals surface area contributed by atoms with Crippen molar-refractivity contribution < 1.29 is 38.2 Å². The highest BCUT2D eigenvalue weighted by Gasteiger charge is 2.25. The highest BCUT2D eigenvalue weighted by Crippen LogP contribution is 2.15. The number of ether oxygens (including phenoxy) is 3. The molecule has 0 aliphatic heterocycles. The van der Waals surface area contributed by atoms with E-state index >= 15 is 0 Å². The van der Waals surface area contributed by atoms with Crippen molar-refractivity contribution in [3.05, 3.63) is 85.1 Å². The van der Waals surface area contributed by atoms with Gasteiger partial charge in [-0.1, -0.05) is 202 Å². The van der Waals surface area contributed by atoms with E-state index in [0.29, 0.717) is 12.8 Å². The summed E-state index contributed by atoms with van der Waals surface area (Å²) < 4.78 is 17.3. The van der Waals surface area contributed by atoms with Gasteiger partial charge in [-0.3, -0.25) is 9.59 Å². The third-order valence-electron chi connectivity index (χ3n) is 11.8. The number of likely N-dealkylation sites (N-methyl/N-ethyl adjacent to an activating group) is 1. The van der Waals surface area contributed by atoms with Crippen molar-refractivity contribution in [3.8, 4) is 0 Å². The van der Waals surface area contributed by atoms with Crippen molar-refractivity contribution in [1.29, 1.82) is 0 Å². The highest BCUT2D eigenvalue weighted by atomic mass is 16.6. The molecule has 0 amide bonds. The molecule has 67 heavy (non-hydrogen) atoms. The first-order chi connectivity index (χ1) is 32.6. The van der Waals surface area contributed by atoms with E-state index in [2.05, 4.69) is 98.9 Å². The number of quaternary nitrogens is 1. The van der Waals surface area contributed by atoms with Crippen LogP contribution in [0, 0.1) is 0 Å². The maximum Gasteiger partial charge on any atom is 0.306 e. The molecular weight excluding hydrogens is 835 g/mol. The Bertz CT molecular complexity index is 1370. The van der Waals surface area contributed by atoms with Gasteiger partial charge in [-0.25, -0.2) is 0 Å². The van der Waals surface area contributed by atoms with Gasteiger partial charge in [0.25, 0.3) is 0 Å². The van der Waals surface area contributed by atoms with E-state index < -0.39 is 18.1 Å². The van der Waals surface area contributed by atoms with Gasteiger partial charge in [-0.05, 0) is 83.5 Å². The van der Waals surface area contributed by atoms with Crippen molar-refractivity contribution in [1.82, 2.24) is 0 Å². The smallest absolute Gasteiger partial charge is 0.306 e. The van der Waals surface area contributed by atoms with E-state index in [1.807, 2.05) is 0 Å². The number of hydrogen-bond donors (Lipinski definition) is 0. The molecule has 384 valence electrons. The first-order valence-corrected chi connectivity index (χ1v) is 27.1. The maximum atomic E-state index is 12.8. The van der Waals surface area contributed by atoms with E-state index in [1.54, 1.807) is 21.1 Å². The lowest BCUT2D eigenvalue weighted by atomic mass is 10.0. The minimum Gasteiger partial charge on any atom is -0.544 e. The van der Waals surface area contributed by atoms with Crippen LogP contribution in [0.15, 0.2) is 85.1 Å². The second-order valence-corrected chi connectivity index (χ2v) is 19.1. The number of unbranched alkanes of at least 4 members (excludes halogenated alkanes) is 20. The van der Waals surface area contributed by atoms with E-state index in [4.69, 9.17) is 14.2 Å². The van der Waals surface area contributed by atoms with Crippen molar-refractivity contribution >= 4 is 17.9 Å². The van der Waals surface area contributed by atoms with Crippen molar-refractivity contribution in [2.75, 3.05) is 41.0 Å². The van der Waals surface area contributed by atoms with Gasteiger partial charge in [0.05, 0.1) is 40.3 Å². The number of aliphatic carboxylic acids is 1. The third kappa shape index (κ3) is 47.4. The summed E-state index contributed by atoms with van der Waals surface area (Å²) in [6.07, 6.45) is 64.7. The number of nitrogens with zero attached hydrogens (tertiary/aromatic N) is 1. The maximum absolute atomic E-state index is 12.8. The van der Waals surface area contributed by atoms with Gasteiger partial charge in [-0.15, -0.1) is 0 Å². The molecule has 8 heteroatoms. The van der Waals surface area contributed by atoms with E-state index in [1.165, 1.54) is 96.3 Å². The fourth-order valence-corrected chi connectivity index (χ4v) is 7.67. The van der Waals surface area contributed by atoms with Gasteiger partial charge in [0.2, 0.25) is 0 Å². The molecule has 0 aromatic rings. The van der Waals surface area contributed by atoms with Crippen molar-refractivity contribution in [2.24, 2.45) is 0 Å². The Labute approximate surface area is 412 Å². The minimum absolute atomic E-state index is 0.0343. The topological polar surface area (TPSA) is 102 Å². The molecule has 0 saturated carbocycles. The number of carbonyl (C=O) groups excluding carboxylic acids is 3. The monoisotopic (exact) mass is 936 g/mol. The first-order valence-electron chi connectivity index (χ1n) is 27.1. The molecule has 2 unspecified atom stereocenters. The first kappa shape index (κ1) is 63.5. The summed E-state index contributed by atoms with van der Waals surface area (Å²) in [5.74, 6) is -1.75. The summed E-state index contributed by atoms with van der Waals surface area (Å²) in [5, 5.41) is 11.7. The predicted octanol–water partition coefficient (Wildman–Crippen LogP) is 14.7. The lowest BCUT2D eigenvalue weighted by molar-refractivity contribution is -0.889. The lowest BCUT2D eigenvalue weighted by Crippen LogP contribution is -2.55. The summed E-state index contributed by atoms with van der Waals surface area (Å²) in [7, 11) is 5.41. The zero-order chi connectivity index (χ0) is 49.2. The Balaban J connectivity index is 4.22. The fraction of sp³-hybridized carbons (Fsp3) is 0.712. The van der Waals surface area contributed by atoms with Gasteiger partial charge in [-0.2, -0.15) is 0 Å². The van der Waals surface area contributed by atoms with Gasteiger partial charge >= 0.3 is 11.9 Å². The quantitative estimate of drug-likeness (QED) is 0.0259. The van der Waals surface area contributed by atoms with Crippen LogP contribution in [0.3, 0.4) is 0 Å². The summed E-state index contributed by atoms with van der Waals surface area (Å²) in [6, 6.07) is -0.732.